The Balaban J connectivity index is 1.54. The van der Waals surface area contributed by atoms with Gasteiger partial charge in [0, 0.05) is 43.6 Å². The van der Waals surface area contributed by atoms with Gasteiger partial charge in [0.1, 0.15) is 11.0 Å². The highest BCUT2D eigenvalue weighted by molar-refractivity contribution is 6.13. The maximum absolute atomic E-state index is 14.5. The lowest BCUT2D eigenvalue weighted by Crippen LogP contribution is -2.54. The number of nitrogens with one attached hydrogen (secondary N) is 2. The van der Waals surface area contributed by atoms with Gasteiger partial charge in [-0.05, 0) is 32.9 Å². The third kappa shape index (κ3) is 4.01. The molecule has 10 heteroatoms. The molecule has 4 aromatic rings. The van der Waals surface area contributed by atoms with Crippen molar-refractivity contribution in [1.29, 1.82) is 0 Å². The highest BCUT2D eigenvalue weighted by atomic mass is 19.1. The number of ether oxygens (including phenoxy) is 1. The molecule has 2 N–H and O–H groups in total. The average molecular weight is 464 g/mol. The quantitative estimate of drug-likeness (QED) is 0.480. The first-order chi connectivity index (χ1) is 16.3. The standard InChI is InChI=1S/C24H26FN7O2/c1-13-9-31(10-14(2)27-13)19-6-5-17(21-22(19)26-8-20(30-21)34-4)24(33)29-16-7-18(25)23-28-15(3)11-32(23)12-16/h5-8,11-14,27H,9-10H2,1-4H3,(H,29,33)/t13-,14-/m0/s1. The van der Waals surface area contributed by atoms with E-state index in [-0.39, 0.29) is 5.65 Å². The van der Waals surface area contributed by atoms with Gasteiger partial charge in [-0.25, -0.2) is 19.3 Å². The Morgan fingerprint density at radius 2 is 1.94 bits per heavy atom. The van der Waals surface area contributed by atoms with Gasteiger partial charge in [0.05, 0.1) is 35.9 Å². The molecule has 1 fully saturated rings. The number of amides is 1. The van der Waals surface area contributed by atoms with Crippen molar-refractivity contribution in [3.8, 4) is 5.88 Å². The summed E-state index contributed by atoms with van der Waals surface area (Å²) in [5.41, 5.74) is 3.47. The minimum Gasteiger partial charge on any atom is -0.480 e. The summed E-state index contributed by atoms with van der Waals surface area (Å²) in [7, 11) is 1.50. The van der Waals surface area contributed by atoms with Crippen LogP contribution in [-0.2, 0) is 0 Å². The van der Waals surface area contributed by atoms with E-state index in [0.29, 0.717) is 45.9 Å². The minimum atomic E-state index is -0.519. The number of carbonyl (C=O) groups excluding carboxylic acids is 1. The van der Waals surface area contributed by atoms with Crippen molar-refractivity contribution in [2.24, 2.45) is 0 Å². The highest BCUT2D eigenvalue weighted by Gasteiger charge is 2.25. The van der Waals surface area contributed by atoms with Gasteiger partial charge in [-0.1, -0.05) is 0 Å². The lowest BCUT2D eigenvalue weighted by molar-refractivity contribution is 0.102. The Hall–Kier alpha value is -3.79. The summed E-state index contributed by atoms with van der Waals surface area (Å²) in [5.74, 6) is -0.631. The number of carbonyl (C=O) groups is 1. The summed E-state index contributed by atoms with van der Waals surface area (Å²) >= 11 is 0. The van der Waals surface area contributed by atoms with Crippen molar-refractivity contribution in [3.05, 3.63) is 53.9 Å². The smallest absolute Gasteiger partial charge is 0.257 e. The molecule has 176 valence electrons. The van der Waals surface area contributed by atoms with Crippen molar-refractivity contribution >= 4 is 34.0 Å². The number of halogens is 1. The highest BCUT2D eigenvalue weighted by Crippen LogP contribution is 2.30. The number of aromatic nitrogens is 4. The lowest BCUT2D eigenvalue weighted by atomic mass is 10.1. The van der Waals surface area contributed by atoms with E-state index >= 15 is 0 Å². The van der Waals surface area contributed by atoms with Gasteiger partial charge in [-0.15, -0.1) is 0 Å². The fourth-order valence-corrected chi connectivity index (χ4v) is 4.57. The van der Waals surface area contributed by atoms with Crippen molar-refractivity contribution in [2.75, 3.05) is 30.4 Å². The van der Waals surface area contributed by atoms with Gasteiger partial charge < -0.3 is 24.7 Å². The van der Waals surface area contributed by atoms with Gasteiger partial charge >= 0.3 is 0 Å². The molecule has 4 heterocycles. The van der Waals surface area contributed by atoms with Gasteiger partial charge in [-0.2, -0.15) is 0 Å². The first-order valence-corrected chi connectivity index (χ1v) is 11.1. The van der Waals surface area contributed by atoms with Crippen LogP contribution >= 0.6 is 0 Å². The first-order valence-electron chi connectivity index (χ1n) is 11.1. The minimum absolute atomic E-state index is 0.209. The van der Waals surface area contributed by atoms with Gasteiger partial charge in [0.15, 0.2) is 11.5 Å². The van der Waals surface area contributed by atoms with Crippen LogP contribution in [0, 0.1) is 12.7 Å². The largest absolute Gasteiger partial charge is 0.480 e. The van der Waals surface area contributed by atoms with E-state index in [1.165, 1.54) is 13.2 Å². The average Bonchev–Trinajstić information content (AvgIpc) is 3.18. The number of benzene rings is 1. The number of nitrogens with zero attached hydrogens (tertiary/aromatic N) is 5. The fourth-order valence-electron chi connectivity index (χ4n) is 4.57. The number of imidazole rings is 1. The zero-order valence-electron chi connectivity index (χ0n) is 19.5. The molecule has 0 aliphatic carbocycles. The molecule has 34 heavy (non-hydrogen) atoms. The van der Waals surface area contributed by atoms with Gasteiger partial charge in [-0.3, -0.25) is 4.79 Å². The number of methoxy groups -OCH3 is 1. The van der Waals surface area contributed by atoms with E-state index in [1.54, 1.807) is 36.0 Å². The molecule has 1 aromatic carbocycles. The topological polar surface area (TPSA) is 96.7 Å². The third-order valence-electron chi connectivity index (χ3n) is 5.89. The van der Waals surface area contributed by atoms with E-state index in [4.69, 9.17) is 4.74 Å². The molecule has 1 amide bonds. The molecule has 2 atom stereocenters. The van der Waals surface area contributed by atoms with E-state index in [2.05, 4.69) is 44.3 Å². The molecule has 5 rings (SSSR count). The lowest BCUT2D eigenvalue weighted by Gasteiger charge is -2.38. The van der Waals surface area contributed by atoms with Crippen molar-refractivity contribution in [2.45, 2.75) is 32.9 Å². The molecule has 0 spiro atoms. The number of pyridine rings is 1. The zero-order chi connectivity index (χ0) is 24.0. The number of fused-ring (bicyclic) bond motifs is 2. The van der Waals surface area contributed by atoms with E-state index in [9.17, 15) is 9.18 Å². The second kappa shape index (κ2) is 8.53. The molecule has 1 aliphatic heterocycles. The number of aryl methyl sites for hydroxylation is 1. The summed E-state index contributed by atoms with van der Waals surface area (Å²) in [5, 5.41) is 6.31. The maximum Gasteiger partial charge on any atom is 0.257 e. The molecule has 1 saturated heterocycles. The second-order valence-electron chi connectivity index (χ2n) is 8.76. The van der Waals surface area contributed by atoms with E-state index in [0.717, 1.165) is 18.8 Å². The van der Waals surface area contributed by atoms with Crippen LogP contribution in [0.1, 0.15) is 29.9 Å². The van der Waals surface area contributed by atoms with Gasteiger partial charge in [0.2, 0.25) is 5.88 Å². The van der Waals surface area contributed by atoms with Crippen LogP contribution in [0.5, 0.6) is 5.88 Å². The van der Waals surface area contributed by atoms with Crippen molar-refractivity contribution in [1.82, 2.24) is 24.7 Å². The van der Waals surface area contributed by atoms with Gasteiger partial charge in [0.25, 0.3) is 5.91 Å². The number of anilines is 2. The molecule has 0 bridgehead atoms. The van der Waals surface area contributed by atoms with Crippen LogP contribution in [0.25, 0.3) is 16.7 Å². The number of rotatable bonds is 4. The number of hydrogen-bond acceptors (Lipinski definition) is 7. The molecular weight excluding hydrogens is 437 g/mol. The Morgan fingerprint density at radius 1 is 1.18 bits per heavy atom. The van der Waals surface area contributed by atoms with Crippen LogP contribution in [0.15, 0.2) is 36.8 Å². The Labute approximate surface area is 196 Å². The summed E-state index contributed by atoms with van der Waals surface area (Å²) in [4.78, 5) is 28.8. The van der Waals surface area contributed by atoms with E-state index in [1.807, 2.05) is 6.07 Å². The summed E-state index contributed by atoms with van der Waals surface area (Å²) < 4.78 is 21.3. The monoisotopic (exact) mass is 463 g/mol. The molecule has 9 nitrogen and oxygen atoms in total. The third-order valence-corrected chi connectivity index (χ3v) is 5.89. The molecule has 3 aromatic heterocycles. The predicted octanol–water partition coefficient (Wildman–Crippen LogP) is 3.17. The van der Waals surface area contributed by atoms with Crippen LogP contribution in [0.2, 0.25) is 0 Å². The Kier molecular flexibility index (Phi) is 5.52. The molecule has 0 radical (unpaired) electrons. The summed E-state index contributed by atoms with van der Waals surface area (Å²) in [6.07, 6.45) is 4.87. The van der Waals surface area contributed by atoms with Crippen LogP contribution in [-0.4, -0.2) is 57.5 Å². The fraction of sp³-hybridized carbons (Fsp3) is 0.333. The second-order valence-corrected chi connectivity index (χ2v) is 8.76. The predicted molar refractivity (Wildman–Crippen MR) is 128 cm³/mol. The Bertz CT molecular complexity index is 1390. The molecule has 0 saturated carbocycles. The Morgan fingerprint density at radius 3 is 2.68 bits per heavy atom. The molecule has 0 unspecified atom stereocenters. The summed E-state index contributed by atoms with van der Waals surface area (Å²) in [6.45, 7) is 7.67. The number of piperazine rings is 1. The van der Waals surface area contributed by atoms with Crippen LogP contribution in [0.4, 0.5) is 15.8 Å². The van der Waals surface area contributed by atoms with E-state index < -0.39 is 11.7 Å². The molecule has 1 aliphatic rings. The normalized spacial score (nSPS) is 18.4. The zero-order valence-corrected chi connectivity index (χ0v) is 19.5. The summed E-state index contributed by atoms with van der Waals surface area (Å²) in [6, 6.07) is 5.50. The molecular formula is C24H26FN7O2. The van der Waals surface area contributed by atoms with Crippen molar-refractivity contribution < 1.29 is 13.9 Å². The maximum atomic E-state index is 14.5. The SMILES string of the molecule is COc1cnc2c(N3C[C@H](C)N[C@@H](C)C3)ccc(C(=O)Nc3cc(F)c4nc(C)cn4c3)c2n1. The van der Waals surface area contributed by atoms with Crippen LogP contribution in [0.3, 0.4) is 0 Å². The first kappa shape index (κ1) is 22.0. The van der Waals surface area contributed by atoms with Crippen molar-refractivity contribution in [3.63, 3.8) is 0 Å². The van der Waals surface area contributed by atoms with Crippen LogP contribution < -0.4 is 20.3 Å². The number of hydrogen-bond donors (Lipinski definition) is 2.